The van der Waals surface area contributed by atoms with E-state index in [0.29, 0.717) is 0 Å². The van der Waals surface area contributed by atoms with Crippen LogP contribution in [0.2, 0.25) is 0 Å². The molecule has 6 heteroatoms. The average molecular weight is 177 g/mol. The number of hydrogen-bond donors (Lipinski definition) is 2. The zero-order valence-corrected chi connectivity index (χ0v) is 9.61. The molecule has 0 fully saturated rings. The maximum atomic E-state index is 7.00. The Hall–Kier alpha value is 1.29. The normalized spacial score (nSPS) is 5.60. The largest absolute Gasteiger partial charge is 1.00 e. The summed E-state index contributed by atoms with van der Waals surface area (Å²) in [5, 5.41) is 14.0. The van der Waals surface area contributed by atoms with Crippen molar-refractivity contribution in [3.8, 4) is 0 Å². The van der Waals surface area contributed by atoms with Gasteiger partial charge in [0.25, 0.3) is 0 Å². The third kappa shape index (κ3) is 58.9. The van der Waals surface area contributed by atoms with Crippen LogP contribution in [-0.4, -0.2) is 34.7 Å². The van der Waals surface area contributed by atoms with Crippen LogP contribution < -0.4 is 29.6 Å². The van der Waals surface area contributed by atoms with Crippen LogP contribution in [0.25, 0.3) is 0 Å². The summed E-state index contributed by atoms with van der Waals surface area (Å²) >= 11 is 1.96. The second-order valence-corrected chi connectivity index (χ2v) is 2.46. The Morgan fingerprint density at radius 2 is 1.50 bits per heavy atom. The van der Waals surface area contributed by atoms with Crippen LogP contribution >= 0.6 is 11.8 Å². The van der Waals surface area contributed by atoms with Crippen molar-refractivity contribution in [2.75, 3.05) is 11.5 Å². The van der Waals surface area contributed by atoms with Gasteiger partial charge in [-0.05, 0) is 11.5 Å². The van der Waals surface area contributed by atoms with E-state index in [1.807, 2.05) is 11.8 Å². The maximum Gasteiger partial charge on any atom is 1.00 e. The Morgan fingerprint density at radius 3 is 1.50 bits per heavy atom. The van der Waals surface area contributed by atoms with Crippen molar-refractivity contribution in [2.24, 2.45) is 0 Å². The van der Waals surface area contributed by atoms with E-state index in [1.165, 1.54) is 11.5 Å². The monoisotopic (exact) mass is 177 g/mol. The van der Waals surface area contributed by atoms with E-state index in [4.69, 9.17) is 10.0 Å². The first-order valence-electron chi connectivity index (χ1n) is 2.51. The summed E-state index contributed by atoms with van der Waals surface area (Å²) in [5.74, 6) is 2.52. The zero-order valence-electron chi connectivity index (χ0n) is 7.79. The maximum absolute atomic E-state index is 7.00. The molecule has 0 amide bonds. The molecule has 0 aromatic rings. The Labute approximate surface area is 91.0 Å². The molecule has 0 bridgehead atoms. The van der Waals surface area contributed by atoms with E-state index in [1.54, 1.807) is 0 Å². The molecule has 0 aliphatic rings. The van der Waals surface area contributed by atoms with Crippen LogP contribution in [0.15, 0.2) is 0 Å². The van der Waals surface area contributed by atoms with Gasteiger partial charge in [-0.15, -0.1) is 0 Å². The van der Waals surface area contributed by atoms with Crippen molar-refractivity contribution in [1.82, 2.24) is 0 Å². The van der Waals surface area contributed by atoms with Gasteiger partial charge in [-0.25, -0.2) is 0 Å². The molecule has 0 aliphatic carbocycles. The summed E-state index contributed by atoms with van der Waals surface area (Å²) in [7, 11) is 0. The molecule has 0 heterocycles. The molecule has 0 aliphatic heterocycles. The Balaban J connectivity index is -0.0000000183. The smallest absolute Gasteiger partial charge is 1.00 e. The third-order valence-corrected chi connectivity index (χ3v) is 1.22. The Kier molecular flexibility index (Phi) is 71.4. The molecule has 0 saturated carbocycles. The van der Waals surface area contributed by atoms with Crippen LogP contribution in [-0.2, 0) is 0 Å². The molecule has 0 aromatic heterocycles. The van der Waals surface area contributed by atoms with Gasteiger partial charge in [-0.3, -0.25) is 0 Å². The van der Waals surface area contributed by atoms with Crippen LogP contribution in [0, 0.1) is 0 Å². The summed E-state index contributed by atoms with van der Waals surface area (Å²) in [4.78, 5) is 0. The van der Waals surface area contributed by atoms with E-state index in [0.717, 1.165) is 0 Å². The molecule has 1 radical (unpaired) electrons. The molecular weight excluding hydrogens is 162 g/mol. The fraction of sp³-hybridized carbons (Fsp3) is 1.00. The molecule has 0 rings (SSSR count). The fourth-order valence-electron chi connectivity index (χ4n) is 0.204. The van der Waals surface area contributed by atoms with Crippen LogP contribution in [0.1, 0.15) is 15.3 Å². The fourth-order valence-corrected chi connectivity index (χ4v) is 0.612. The summed E-state index contributed by atoms with van der Waals surface area (Å²) < 4.78 is 0. The average Bonchev–Trinajstić information content (AvgIpc) is 1.71. The summed E-state index contributed by atoms with van der Waals surface area (Å²) in [6.07, 6.45) is 0. The molecule has 0 spiro atoms. The van der Waals surface area contributed by atoms with E-state index >= 15 is 0 Å². The van der Waals surface area contributed by atoms with Gasteiger partial charge in [0.15, 0.2) is 0 Å². The van der Waals surface area contributed by atoms with Crippen LogP contribution in [0.3, 0.4) is 0 Å². The number of thioether (sulfide) groups is 1. The molecule has 4 N–H and O–H groups in total. The minimum absolute atomic E-state index is 0. The molecular formula is C4H15BNaO3S. The Bertz CT molecular complexity index is 39.3. The summed E-state index contributed by atoms with van der Waals surface area (Å²) in [6, 6.07) is 0. The predicted molar refractivity (Wildman–Crippen MR) is 43.6 cm³/mol. The van der Waals surface area contributed by atoms with Gasteiger partial charge in [-0.2, -0.15) is 11.8 Å². The van der Waals surface area contributed by atoms with E-state index < -0.39 is 0 Å². The predicted octanol–water partition coefficient (Wildman–Crippen LogP) is -3.44. The van der Waals surface area contributed by atoms with Crippen molar-refractivity contribution in [2.45, 2.75) is 13.8 Å². The van der Waals surface area contributed by atoms with Gasteiger partial charge < -0.3 is 17.0 Å². The number of rotatable bonds is 2. The minimum atomic E-state index is 0. The van der Waals surface area contributed by atoms with Crippen molar-refractivity contribution in [1.29, 1.82) is 0 Å². The standard InChI is InChI=1S/C4H10S.BH2O2.Na.H2O.H/c1-3-5-4-2;2-1-3;;;/h3-4H2,1-2H3;2-3H;;1H2;/q;;+1;;-1. The van der Waals surface area contributed by atoms with Gasteiger partial charge in [0.1, 0.15) is 0 Å². The quantitative estimate of drug-likeness (QED) is 0.431. The van der Waals surface area contributed by atoms with Gasteiger partial charge in [0.05, 0.1) is 0 Å². The molecule has 3 nitrogen and oxygen atoms in total. The number of hydrogen-bond acceptors (Lipinski definition) is 3. The van der Waals surface area contributed by atoms with Gasteiger partial charge in [0, 0.05) is 0 Å². The zero-order chi connectivity index (χ0) is 6.83. The Morgan fingerprint density at radius 1 is 1.30 bits per heavy atom. The molecule has 59 valence electrons. The minimum Gasteiger partial charge on any atom is -1.00 e. The van der Waals surface area contributed by atoms with Crippen LogP contribution in [0.5, 0.6) is 0 Å². The third-order valence-electron chi connectivity index (χ3n) is 0.408. The second kappa shape index (κ2) is 31.7. The molecule has 0 atom stereocenters. The summed E-state index contributed by atoms with van der Waals surface area (Å²) in [5.41, 5.74) is 0. The van der Waals surface area contributed by atoms with Crippen molar-refractivity contribution in [3.63, 3.8) is 0 Å². The van der Waals surface area contributed by atoms with Crippen molar-refractivity contribution >= 4 is 19.4 Å². The van der Waals surface area contributed by atoms with Crippen molar-refractivity contribution < 1.29 is 46.5 Å². The van der Waals surface area contributed by atoms with E-state index in [-0.39, 0.29) is 44.1 Å². The van der Waals surface area contributed by atoms with Crippen LogP contribution in [0.4, 0.5) is 0 Å². The molecule has 0 aromatic carbocycles. The summed E-state index contributed by atoms with van der Waals surface area (Å²) in [6.45, 7) is 4.35. The van der Waals surface area contributed by atoms with Gasteiger partial charge >= 0.3 is 37.2 Å². The van der Waals surface area contributed by atoms with Gasteiger partial charge in [-0.1, -0.05) is 13.8 Å². The molecule has 0 saturated heterocycles. The van der Waals surface area contributed by atoms with E-state index in [9.17, 15) is 0 Å². The molecule has 10 heavy (non-hydrogen) atoms. The van der Waals surface area contributed by atoms with Crippen molar-refractivity contribution in [3.05, 3.63) is 0 Å². The van der Waals surface area contributed by atoms with Gasteiger partial charge in [0.2, 0.25) is 0 Å². The first-order chi connectivity index (χ1) is 3.83. The SMILES string of the molecule is CCSCC.O.O[B]O.[H-].[Na+]. The van der Waals surface area contributed by atoms with E-state index in [2.05, 4.69) is 13.8 Å². The molecule has 0 unspecified atom stereocenters. The topological polar surface area (TPSA) is 72.0 Å². The second-order valence-electron chi connectivity index (χ2n) is 0.897. The first kappa shape index (κ1) is 22.5. The first-order valence-corrected chi connectivity index (χ1v) is 3.66.